The molecule has 0 saturated carbocycles. The van der Waals surface area contributed by atoms with E-state index in [0.29, 0.717) is 23.7 Å². The normalized spacial score (nSPS) is 15.0. The van der Waals surface area contributed by atoms with E-state index in [0.717, 1.165) is 5.56 Å². The molecule has 2 aromatic rings. The van der Waals surface area contributed by atoms with Crippen molar-refractivity contribution in [3.63, 3.8) is 0 Å². The number of imide groups is 1. The maximum Gasteiger partial charge on any atom is 0.326 e. The van der Waals surface area contributed by atoms with Crippen LogP contribution in [-0.2, 0) is 11.4 Å². The predicted octanol–water partition coefficient (Wildman–Crippen LogP) is 3.06. The molecule has 25 heavy (non-hydrogen) atoms. The first kappa shape index (κ1) is 17.3. The van der Waals surface area contributed by atoms with Crippen LogP contribution in [0, 0.1) is 3.57 Å². The molecule has 7 heteroatoms. The summed E-state index contributed by atoms with van der Waals surface area (Å²) in [6.07, 6.45) is 1.58. The first-order chi connectivity index (χ1) is 12.0. The van der Waals surface area contributed by atoms with Crippen LogP contribution in [0.25, 0.3) is 6.08 Å². The summed E-state index contributed by atoms with van der Waals surface area (Å²) in [5.74, 6) is 0.690. The average molecular weight is 450 g/mol. The molecule has 3 amide bonds. The second kappa shape index (κ2) is 7.56. The van der Waals surface area contributed by atoms with Gasteiger partial charge in [0, 0.05) is 3.57 Å². The third-order valence-corrected chi connectivity index (χ3v) is 4.25. The molecule has 0 unspecified atom stereocenters. The number of benzene rings is 2. The molecule has 1 fully saturated rings. The Balaban J connectivity index is 1.75. The summed E-state index contributed by atoms with van der Waals surface area (Å²) in [4.78, 5) is 22.7. The highest BCUT2D eigenvalue weighted by molar-refractivity contribution is 14.1. The van der Waals surface area contributed by atoms with Gasteiger partial charge in [-0.2, -0.15) is 0 Å². The largest absolute Gasteiger partial charge is 0.493 e. The summed E-state index contributed by atoms with van der Waals surface area (Å²) < 4.78 is 12.3. The van der Waals surface area contributed by atoms with Gasteiger partial charge in [0.05, 0.1) is 7.11 Å². The zero-order chi connectivity index (χ0) is 17.8. The lowest BCUT2D eigenvalue weighted by atomic mass is 10.1. The molecule has 0 atom stereocenters. The number of amides is 3. The van der Waals surface area contributed by atoms with Gasteiger partial charge >= 0.3 is 6.03 Å². The number of carbonyl (C=O) groups excluding carboxylic acids is 2. The van der Waals surface area contributed by atoms with E-state index in [1.807, 2.05) is 24.3 Å². The second-order valence-electron chi connectivity index (χ2n) is 5.29. The molecule has 2 aromatic carbocycles. The van der Waals surface area contributed by atoms with E-state index in [1.54, 1.807) is 31.4 Å². The molecule has 0 aromatic heterocycles. The lowest BCUT2D eigenvalue weighted by Gasteiger charge is -2.11. The van der Waals surface area contributed by atoms with E-state index >= 15 is 0 Å². The molecule has 0 radical (unpaired) electrons. The zero-order valence-electron chi connectivity index (χ0n) is 13.3. The van der Waals surface area contributed by atoms with Gasteiger partial charge in [0.15, 0.2) is 11.5 Å². The number of methoxy groups -OCH3 is 1. The van der Waals surface area contributed by atoms with Crippen LogP contribution < -0.4 is 20.1 Å². The SMILES string of the molecule is COc1cc(/C=C2\NC(=O)NC2=O)ccc1OCc1ccc(I)cc1. The maximum atomic E-state index is 11.6. The summed E-state index contributed by atoms with van der Waals surface area (Å²) in [6, 6.07) is 12.8. The van der Waals surface area contributed by atoms with Crippen LogP contribution in [0.5, 0.6) is 11.5 Å². The number of hydrogen-bond acceptors (Lipinski definition) is 4. The van der Waals surface area contributed by atoms with E-state index < -0.39 is 11.9 Å². The topological polar surface area (TPSA) is 76.7 Å². The van der Waals surface area contributed by atoms with Crippen molar-refractivity contribution in [2.45, 2.75) is 6.61 Å². The number of carbonyl (C=O) groups is 2. The van der Waals surface area contributed by atoms with Crippen molar-refractivity contribution in [3.05, 3.63) is 62.9 Å². The standard InChI is InChI=1S/C18H15IN2O4/c1-24-16-9-12(8-14-17(22)21-18(23)20-14)4-7-15(16)25-10-11-2-5-13(19)6-3-11/h2-9H,10H2,1H3,(H2,20,21,22,23)/b14-8-. The van der Waals surface area contributed by atoms with Crippen molar-refractivity contribution >= 4 is 40.6 Å². The number of halogens is 1. The Morgan fingerprint density at radius 2 is 1.80 bits per heavy atom. The summed E-state index contributed by atoms with van der Waals surface area (Å²) in [5, 5.41) is 4.60. The molecule has 0 spiro atoms. The monoisotopic (exact) mass is 450 g/mol. The molecule has 128 valence electrons. The number of hydrogen-bond donors (Lipinski definition) is 2. The maximum absolute atomic E-state index is 11.6. The number of nitrogens with one attached hydrogen (secondary N) is 2. The van der Waals surface area contributed by atoms with Gasteiger partial charge in [-0.3, -0.25) is 10.1 Å². The Bertz CT molecular complexity index is 847. The third-order valence-electron chi connectivity index (χ3n) is 3.53. The van der Waals surface area contributed by atoms with E-state index in [-0.39, 0.29) is 5.70 Å². The molecule has 1 aliphatic rings. The molecule has 3 rings (SSSR count). The van der Waals surface area contributed by atoms with Gasteiger partial charge in [0.25, 0.3) is 5.91 Å². The van der Waals surface area contributed by atoms with Crippen LogP contribution >= 0.6 is 22.6 Å². The number of rotatable bonds is 5. The predicted molar refractivity (Wildman–Crippen MR) is 101 cm³/mol. The van der Waals surface area contributed by atoms with Crippen LogP contribution in [0.15, 0.2) is 48.2 Å². The zero-order valence-corrected chi connectivity index (χ0v) is 15.5. The van der Waals surface area contributed by atoms with Crippen LogP contribution in [0.2, 0.25) is 0 Å². The van der Waals surface area contributed by atoms with E-state index in [2.05, 4.69) is 33.2 Å². The molecule has 6 nitrogen and oxygen atoms in total. The molecular formula is C18H15IN2O4. The highest BCUT2D eigenvalue weighted by atomic mass is 127. The van der Waals surface area contributed by atoms with Gasteiger partial charge in [-0.1, -0.05) is 18.2 Å². The third kappa shape index (κ3) is 4.30. The van der Waals surface area contributed by atoms with Crippen molar-refractivity contribution < 1.29 is 19.1 Å². The lowest BCUT2D eigenvalue weighted by Crippen LogP contribution is -2.22. The van der Waals surface area contributed by atoms with Crippen molar-refractivity contribution in [2.24, 2.45) is 0 Å². The molecular weight excluding hydrogens is 435 g/mol. The summed E-state index contributed by atoms with van der Waals surface area (Å²) in [6.45, 7) is 0.423. The van der Waals surface area contributed by atoms with Crippen molar-refractivity contribution in [1.82, 2.24) is 10.6 Å². The van der Waals surface area contributed by atoms with Crippen molar-refractivity contribution in [2.75, 3.05) is 7.11 Å². The molecule has 2 N–H and O–H groups in total. The molecule has 1 saturated heterocycles. The van der Waals surface area contributed by atoms with E-state index in [9.17, 15) is 9.59 Å². The lowest BCUT2D eigenvalue weighted by molar-refractivity contribution is -0.115. The first-order valence-corrected chi connectivity index (χ1v) is 8.52. The van der Waals surface area contributed by atoms with Crippen LogP contribution in [0.4, 0.5) is 4.79 Å². The van der Waals surface area contributed by atoms with E-state index in [4.69, 9.17) is 9.47 Å². The van der Waals surface area contributed by atoms with Crippen molar-refractivity contribution in [3.8, 4) is 11.5 Å². The van der Waals surface area contributed by atoms with Gasteiger partial charge < -0.3 is 14.8 Å². The highest BCUT2D eigenvalue weighted by Gasteiger charge is 2.22. The second-order valence-corrected chi connectivity index (χ2v) is 6.54. The fourth-order valence-electron chi connectivity index (χ4n) is 2.28. The smallest absolute Gasteiger partial charge is 0.326 e. The Hall–Kier alpha value is -2.55. The Labute approximate surface area is 158 Å². The van der Waals surface area contributed by atoms with Gasteiger partial charge in [0.2, 0.25) is 0 Å². The fraction of sp³-hybridized carbons (Fsp3) is 0.111. The van der Waals surface area contributed by atoms with Crippen LogP contribution in [0.3, 0.4) is 0 Å². The van der Waals surface area contributed by atoms with Gasteiger partial charge in [-0.25, -0.2) is 4.79 Å². The van der Waals surface area contributed by atoms with Gasteiger partial charge in [0.1, 0.15) is 12.3 Å². The Morgan fingerprint density at radius 3 is 2.44 bits per heavy atom. The molecule has 0 bridgehead atoms. The summed E-state index contributed by atoms with van der Waals surface area (Å²) >= 11 is 2.25. The molecule has 0 aliphatic carbocycles. The quantitative estimate of drug-likeness (QED) is 0.417. The molecule has 1 aliphatic heterocycles. The number of urea groups is 1. The average Bonchev–Trinajstić information content (AvgIpc) is 2.92. The first-order valence-electron chi connectivity index (χ1n) is 7.44. The van der Waals surface area contributed by atoms with Gasteiger partial charge in [-0.15, -0.1) is 0 Å². The highest BCUT2D eigenvalue weighted by Crippen LogP contribution is 2.29. The molecule has 1 heterocycles. The van der Waals surface area contributed by atoms with Gasteiger partial charge in [-0.05, 0) is 64.1 Å². The fourth-order valence-corrected chi connectivity index (χ4v) is 2.64. The van der Waals surface area contributed by atoms with Crippen LogP contribution in [0.1, 0.15) is 11.1 Å². The minimum absolute atomic E-state index is 0.194. The van der Waals surface area contributed by atoms with Crippen LogP contribution in [-0.4, -0.2) is 19.0 Å². The minimum atomic E-state index is -0.527. The minimum Gasteiger partial charge on any atom is -0.493 e. The Morgan fingerprint density at radius 1 is 1.04 bits per heavy atom. The van der Waals surface area contributed by atoms with E-state index in [1.165, 1.54) is 3.57 Å². The summed E-state index contributed by atoms with van der Waals surface area (Å²) in [7, 11) is 1.55. The number of ether oxygens (including phenoxy) is 2. The summed E-state index contributed by atoms with van der Waals surface area (Å²) in [5.41, 5.74) is 1.96. The van der Waals surface area contributed by atoms with Crippen molar-refractivity contribution in [1.29, 1.82) is 0 Å². The Kier molecular flexibility index (Phi) is 5.22.